The topological polar surface area (TPSA) is 115 Å². The average Bonchev–Trinajstić information content (AvgIpc) is 3.04. The van der Waals surface area contributed by atoms with Crippen LogP contribution in [0.3, 0.4) is 0 Å². The number of nitrogen functional groups attached to an aromatic ring is 1. The number of halogens is 2. The Morgan fingerprint density at radius 3 is 2.92 bits per heavy atom. The molecule has 0 radical (unpaired) electrons. The van der Waals surface area contributed by atoms with Crippen LogP contribution in [0.5, 0.6) is 0 Å². The minimum absolute atomic E-state index is 0.0450. The van der Waals surface area contributed by atoms with Crippen molar-refractivity contribution in [3.05, 3.63) is 35.0 Å². The predicted molar refractivity (Wildman–Crippen MR) is 81.9 cm³/mol. The summed E-state index contributed by atoms with van der Waals surface area (Å²) in [6.07, 6.45) is 0.422. The van der Waals surface area contributed by atoms with Crippen LogP contribution in [0.2, 0.25) is 0 Å². The van der Waals surface area contributed by atoms with E-state index < -0.39 is 11.6 Å². The maximum Gasteiger partial charge on any atom is 0.241 e. The Hall–Kier alpha value is -3.04. The van der Waals surface area contributed by atoms with Crippen LogP contribution in [0, 0.1) is 18.6 Å². The molecule has 8 nitrogen and oxygen atoms in total. The maximum absolute atomic E-state index is 13.8. The third kappa shape index (κ3) is 3.03. The van der Waals surface area contributed by atoms with Crippen molar-refractivity contribution in [3.8, 4) is 0 Å². The number of amides is 1. The Morgan fingerprint density at radius 2 is 2.21 bits per heavy atom. The van der Waals surface area contributed by atoms with Crippen molar-refractivity contribution < 1.29 is 13.6 Å². The molecular weight excluding hydrogens is 320 g/mol. The predicted octanol–water partition coefficient (Wildman–Crippen LogP) is 0.682. The number of carbonyl (C=O) groups excluding carboxylic acids is 1. The SMILES string of the molecule is Cc1[nH]c2c(F)cc(F)cc2c1CCNC(=O)Cn1nnnc1N. The smallest absolute Gasteiger partial charge is 0.241 e. The molecule has 10 heteroatoms. The quantitative estimate of drug-likeness (QED) is 0.634. The van der Waals surface area contributed by atoms with Gasteiger partial charge in [0.05, 0.1) is 5.52 Å². The molecule has 1 aromatic carbocycles. The summed E-state index contributed by atoms with van der Waals surface area (Å²) >= 11 is 0. The number of fused-ring (bicyclic) bond motifs is 1. The van der Waals surface area contributed by atoms with Crippen molar-refractivity contribution in [2.24, 2.45) is 0 Å². The van der Waals surface area contributed by atoms with E-state index in [0.717, 1.165) is 22.0 Å². The third-order valence-electron chi connectivity index (χ3n) is 3.70. The summed E-state index contributed by atoms with van der Waals surface area (Å²) in [6.45, 7) is 1.97. The highest BCUT2D eigenvalue weighted by atomic mass is 19.1. The highest BCUT2D eigenvalue weighted by molar-refractivity contribution is 5.85. The standard InChI is InChI=1S/C14H15F2N7O/c1-7-9(10-4-8(15)5-11(16)13(10)19-7)2-3-18-12(24)6-23-14(17)20-21-22-23/h4-5,19H,2-3,6H2,1H3,(H,18,24)(H2,17,20,22). The second kappa shape index (κ2) is 6.22. The zero-order valence-electron chi connectivity index (χ0n) is 12.8. The molecule has 1 amide bonds. The van der Waals surface area contributed by atoms with E-state index in [0.29, 0.717) is 18.4 Å². The lowest BCUT2D eigenvalue weighted by molar-refractivity contribution is -0.121. The highest BCUT2D eigenvalue weighted by Crippen LogP contribution is 2.25. The average molecular weight is 335 g/mol. The molecule has 0 unspecified atom stereocenters. The van der Waals surface area contributed by atoms with Gasteiger partial charge in [0, 0.05) is 23.7 Å². The molecule has 2 aromatic heterocycles. The van der Waals surface area contributed by atoms with Gasteiger partial charge in [-0.2, -0.15) is 0 Å². The minimum atomic E-state index is -0.641. The lowest BCUT2D eigenvalue weighted by atomic mass is 10.1. The van der Waals surface area contributed by atoms with Gasteiger partial charge in [-0.15, -0.1) is 0 Å². The molecule has 0 saturated carbocycles. The molecule has 0 aliphatic carbocycles. The van der Waals surface area contributed by atoms with Crippen LogP contribution < -0.4 is 11.1 Å². The number of benzene rings is 1. The number of aromatic amines is 1. The fourth-order valence-corrected chi connectivity index (χ4v) is 2.57. The van der Waals surface area contributed by atoms with Gasteiger partial charge < -0.3 is 16.0 Å². The molecular formula is C14H15F2N7O. The first-order valence-electron chi connectivity index (χ1n) is 7.20. The van der Waals surface area contributed by atoms with Gasteiger partial charge in [0.25, 0.3) is 0 Å². The van der Waals surface area contributed by atoms with E-state index in [1.807, 2.05) is 0 Å². The molecule has 126 valence electrons. The third-order valence-corrected chi connectivity index (χ3v) is 3.70. The molecule has 0 fully saturated rings. The number of hydrogen-bond acceptors (Lipinski definition) is 5. The molecule has 0 saturated heterocycles. The van der Waals surface area contributed by atoms with Crippen LogP contribution in [-0.2, 0) is 17.8 Å². The lowest BCUT2D eigenvalue weighted by Gasteiger charge is -2.06. The van der Waals surface area contributed by atoms with Gasteiger partial charge in [0.15, 0.2) is 0 Å². The van der Waals surface area contributed by atoms with E-state index in [1.54, 1.807) is 6.92 Å². The fraction of sp³-hybridized carbons (Fsp3) is 0.286. The molecule has 0 bridgehead atoms. The van der Waals surface area contributed by atoms with Gasteiger partial charge in [-0.3, -0.25) is 4.79 Å². The van der Waals surface area contributed by atoms with Crippen molar-refractivity contribution in [1.29, 1.82) is 0 Å². The van der Waals surface area contributed by atoms with E-state index >= 15 is 0 Å². The number of carbonyl (C=O) groups is 1. The Balaban J connectivity index is 1.67. The first kappa shape index (κ1) is 15.8. The van der Waals surface area contributed by atoms with Crippen molar-refractivity contribution in [2.75, 3.05) is 12.3 Å². The molecule has 0 aliphatic rings. The van der Waals surface area contributed by atoms with Gasteiger partial charge in [-0.05, 0) is 35.4 Å². The second-order valence-corrected chi connectivity index (χ2v) is 5.33. The van der Waals surface area contributed by atoms with E-state index in [1.165, 1.54) is 6.07 Å². The van der Waals surface area contributed by atoms with Gasteiger partial charge in [0.1, 0.15) is 18.2 Å². The number of tetrazole rings is 1. The molecule has 2 heterocycles. The van der Waals surface area contributed by atoms with E-state index in [9.17, 15) is 13.6 Å². The summed E-state index contributed by atoms with van der Waals surface area (Å²) in [5.74, 6) is -1.55. The first-order valence-corrected chi connectivity index (χ1v) is 7.20. The minimum Gasteiger partial charge on any atom is -0.367 e. The number of aryl methyl sites for hydroxylation is 1. The number of H-pyrrole nitrogens is 1. The molecule has 3 rings (SSSR count). The van der Waals surface area contributed by atoms with E-state index in [-0.39, 0.29) is 23.9 Å². The summed E-state index contributed by atoms with van der Waals surface area (Å²) in [5.41, 5.74) is 7.22. The van der Waals surface area contributed by atoms with Crippen molar-refractivity contribution in [2.45, 2.75) is 19.9 Å². The number of anilines is 1. The van der Waals surface area contributed by atoms with Gasteiger partial charge in [-0.1, -0.05) is 5.10 Å². The largest absolute Gasteiger partial charge is 0.367 e. The number of rotatable bonds is 5. The fourth-order valence-electron chi connectivity index (χ4n) is 2.57. The number of nitrogens with zero attached hydrogens (tertiary/aromatic N) is 4. The zero-order valence-corrected chi connectivity index (χ0v) is 12.8. The molecule has 0 atom stereocenters. The van der Waals surface area contributed by atoms with Crippen molar-refractivity contribution in [3.63, 3.8) is 0 Å². The summed E-state index contributed by atoms with van der Waals surface area (Å²) in [5, 5.41) is 13.6. The van der Waals surface area contributed by atoms with Gasteiger partial charge >= 0.3 is 0 Å². The number of nitrogens with one attached hydrogen (secondary N) is 2. The molecule has 24 heavy (non-hydrogen) atoms. The zero-order chi connectivity index (χ0) is 17.3. The summed E-state index contributed by atoms with van der Waals surface area (Å²) < 4.78 is 28.4. The number of hydrogen-bond donors (Lipinski definition) is 3. The van der Waals surface area contributed by atoms with Crippen LogP contribution in [0.1, 0.15) is 11.3 Å². The van der Waals surface area contributed by atoms with E-state index in [4.69, 9.17) is 5.73 Å². The molecule has 3 aromatic rings. The molecule has 4 N–H and O–H groups in total. The van der Waals surface area contributed by atoms with Crippen LogP contribution in [-0.4, -0.2) is 37.6 Å². The van der Waals surface area contributed by atoms with Crippen molar-refractivity contribution in [1.82, 2.24) is 30.5 Å². The molecule has 0 aliphatic heterocycles. The van der Waals surface area contributed by atoms with Crippen molar-refractivity contribution >= 4 is 22.8 Å². The first-order chi connectivity index (χ1) is 11.5. The maximum atomic E-state index is 13.8. The second-order valence-electron chi connectivity index (χ2n) is 5.33. The van der Waals surface area contributed by atoms with Crippen LogP contribution in [0.15, 0.2) is 12.1 Å². The Labute approximate surface area is 135 Å². The van der Waals surface area contributed by atoms with Gasteiger partial charge in [-0.25, -0.2) is 13.5 Å². The Kier molecular flexibility index (Phi) is 4.11. The summed E-state index contributed by atoms with van der Waals surface area (Å²) in [4.78, 5) is 14.7. The van der Waals surface area contributed by atoms with E-state index in [2.05, 4.69) is 25.8 Å². The van der Waals surface area contributed by atoms with Crippen LogP contribution in [0.25, 0.3) is 10.9 Å². The van der Waals surface area contributed by atoms with Gasteiger partial charge in [0.2, 0.25) is 11.9 Å². The number of nitrogens with two attached hydrogens (primary N) is 1. The Bertz CT molecular complexity index is 902. The van der Waals surface area contributed by atoms with Crippen LogP contribution in [0.4, 0.5) is 14.7 Å². The normalized spacial score (nSPS) is 11.1. The van der Waals surface area contributed by atoms with Crippen LogP contribution >= 0.6 is 0 Å². The monoisotopic (exact) mass is 335 g/mol. The summed E-state index contributed by atoms with van der Waals surface area (Å²) in [7, 11) is 0. The lowest BCUT2D eigenvalue weighted by Crippen LogP contribution is -2.30. The summed E-state index contributed by atoms with van der Waals surface area (Å²) in [6, 6.07) is 2.11. The Morgan fingerprint density at radius 1 is 1.42 bits per heavy atom. The molecule has 0 spiro atoms. The highest BCUT2D eigenvalue weighted by Gasteiger charge is 2.14. The number of aromatic nitrogens is 5.